The van der Waals surface area contributed by atoms with Gasteiger partial charge in [0.15, 0.2) is 11.7 Å². The quantitative estimate of drug-likeness (QED) is 0.192. The predicted octanol–water partition coefficient (Wildman–Crippen LogP) is 9.53. The van der Waals surface area contributed by atoms with Crippen molar-refractivity contribution in [2.45, 2.75) is 13.1 Å². The van der Waals surface area contributed by atoms with Crippen LogP contribution in [0.25, 0.3) is 33.9 Å². The molecule has 36 heavy (non-hydrogen) atoms. The molecule has 8 heteroatoms. The molecule has 0 heterocycles. The standard InChI is InChI=1S/C28H16F8/c1-15-2-4-16(5-3-15)17-6-9-20(23(29)12-17)18-7-10-21(24(30)13-18)27(33)26(32)19-8-11-22(25(31)14-19)28(34,35)36/h2-14H,1H3/b27-26+. The Hall–Kier alpha value is -3.94. The van der Waals surface area contributed by atoms with E-state index in [0.29, 0.717) is 11.6 Å². The number of hydrogen-bond donors (Lipinski definition) is 0. The highest BCUT2D eigenvalue weighted by Gasteiger charge is 2.34. The van der Waals surface area contributed by atoms with Crippen LogP contribution in [-0.4, -0.2) is 0 Å². The molecule has 0 radical (unpaired) electrons. The van der Waals surface area contributed by atoms with E-state index >= 15 is 0 Å². The number of rotatable bonds is 4. The minimum absolute atomic E-state index is 0.0194. The fourth-order valence-electron chi connectivity index (χ4n) is 3.66. The molecule has 0 aliphatic carbocycles. The monoisotopic (exact) mass is 504 g/mol. The molecule has 0 atom stereocenters. The number of hydrogen-bond acceptors (Lipinski definition) is 0. The molecule has 0 bridgehead atoms. The summed E-state index contributed by atoms with van der Waals surface area (Å²) in [5.74, 6) is -7.20. The molecule has 0 aliphatic heterocycles. The molecule has 0 unspecified atom stereocenters. The number of benzene rings is 4. The van der Waals surface area contributed by atoms with Crippen molar-refractivity contribution in [3.05, 3.63) is 119 Å². The molecule has 184 valence electrons. The van der Waals surface area contributed by atoms with Crippen LogP contribution in [0.2, 0.25) is 0 Å². The molecule has 0 saturated carbocycles. The Bertz CT molecular complexity index is 1460. The van der Waals surface area contributed by atoms with E-state index in [2.05, 4.69) is 0 Å². The van der Waals surface area contributed by atoms with E-state index in [9.17, 15) is 35.1 Å². The van der Waals surface area contributed by atoms with Crippen molar-refractivity contribution in [3.8, 4) is 22.3 Å². The smallest absolute Gasteiger partial charge is 0.206 e. The molecule has 0 spiro atoms. The molecular weight excluding hydrogens is 488 g/mol. The minimum Gasteiger partial charge on any atom is -0.206 e. The maximum Gasteiger partial charge on any atom is 0.419 e. The minimum atomic E-state index is -5.02. The first-order valence-corrected chi connectivity index (χ1v) is 10.5. The van der Waals surface area contributed by atoms with Crippen molar-refractivity contribution >= 4 is 11.7 Å². The normalized spacial score (nSPS) is 12.5. The van der Waals surface area contributed by atoms with Gasteiger partial charge in [-0.25, -0.2) is 22.0 Å². The summed E-state index contributed by atoms with van der Waals surface area (Å²) in [5, 5.41) is 0. The van der Waals surface area contributed by atoms with Gasteiger partial charge in [-0.15, -0.1) is 0 Å². The average molecular weight is 504 g/mol. The maximum atomic E-state index is 14.8. The summed E-state index contributed by atoms with van der Waals surface area (Å²) in [7, 11) is 0. The van der Waals surface area contributed by atoms with Crippen LogP contribution in [0.5, 0.6) is 0 Å². The van der Waals surface area contributed by atoms with Crippen LogP contribution < -0.4 is 0 Å². The van der Waals surface area contributed by atoms with Gasteiger partial charge in [0.2, 0.25) is 0 Å². The first-order chi connectivity index (χ1) is 17.0. The lowest BCUT2D eigenvalue weighted by atomic mass is 9.98. The zero-order chi connectivity index (χ0) is 26.2. The van der Waals surface area contributed by atoms with Crippen molar-refractivity contribution in [1.29, 1.82) is 0 Å². The van der Waals surface area contributed by atoms with Gasteiger partial charge in [-0.05, 0) is 53.9 Å². The van der Waals surface area contributed by atoms with Gasteiger partial charge in [-0.3, -0.25) is 0 Å². The van der Waals surface area contributed by atoms with Crippen molar-refractivity contribution in [1.82, 2.24) is 0 Å². The summed E-state index contributed by atoms with van der Waals surface area (Å²) < 4.78 is 111. The van der Waals surface area contributed by atoms with Crippen molar-refractivity contribution < 1.29 is 35.1 Å². The summed E-state index contributed by atoms with van der Waals surface area (Å²) in [6.45, 7) is 1.91. The Morgan fingerprint density at radius 2 is 1.19 bits per heavy atom. The molecular formula is C28H16F8. The third-order valence-electron chi connectivity index (χ3n) is 5.59. The van der Waals surface area contributed by atoms with E-state index in [4.69, 9.17) is 0 Å². The Kier molecular flexibility index (Phi) is 6.71. The van der Waals surface area contributed by atoms with Crippen LogP contribution in [0.15, 0.2) is 78.9 Å². The Morgan fingerprint density at radius 1 is 0.583 bits per heavy atom. The lowest BCUT2D eigenvalue weighted by molar-refractivity contribution is -0.140. The van der Waals surface area contributed by atoms with E-state index in [1.807, 2.05) is 31.2 Å². The highest BCUT2D eigenvalue weighted by Crippen LogP contribution is 2.36. The molecule has 4 aromatic rings. The van der Waals surface area contributed by atoms with Crippen LogP contribution in [0, 0.1) is 24.4 Å². The fraction of sp³-hybridized carbons (Fsp3) is 0.0714. The first-order valence-electron chi connectivity index (χ1n) is 10.5. The van der Waals surface area contributed by atoms with E-state index in [0.717, 1.165) is 23.3 Å². The molecule has 0 amide bonds. The third kappa shape index (κ3) is 5.03. The maximum absolute atomic E-state index is 14.8. The third-order valence-corrected chi connectivity index (χ3v) is 5.59. The van der Waals surface area contributed by atoms with Gasteiger partial charge in [0.05, 0.1) is 5.56 Å². The zero-order valence-electron chi connectivity index (χ0n) is 18.5. The molecule has 0 N–H and O–H groups in total. The molecule has 0 saturated heterocycles. The van der Waals surface area contributed by atoms with Gasteiger partial charge in [-0.1, -0.05) is 54.1 Å². The molecule has 0 aliphatic rings. The van der Waals surface area contributed by atoms with Gasteiger partial charge in [-0.2, -0.15) is 13.2 Å². The second-order valence-corrected chi connectivity index (χ2v) is 8.08. The summed E-state index contributed by atoms with van der Waals surface area (Å²) in [4.78, 5) is 0. The van der Waals surface area contributed by atoms with Crippen LogP contribution in [-0.2, 0) is 6.18 Å². The van der Waals surface area contributed by atoms with Gasteiger partial charge in [0, 0.05) is 16.7 Å². The van der Waals surface area contributed by atoms with Crippen LogP contribution in [0.4, 0.5) is 35.1 Å². The van der Waals surface area contributed by atoms with E-state index in [-0.39, 0.29) is 23.3 Å². The highest BCUT2D eigenvalue weighted by atomic mass is 19.4. The van der Waals surface area contributed by atoms with Crippen LogP contribution in [0.1, 0.15) is 22.3 Å². The van der Waals surface area contributed by atoms with Gasteiger partial charge in [0.1, 0.15) is 17.5 Å². The Balaban J connectivity index is 1.65. The van der Waals surface area contributed by atoms with Crippen LogP contribution >= 0.6 is 0 Å². The number of alkyl halides is 3. The van der Waals surface area contributed by atoms with Gasteiger partial charge in [0.25, 0.3) is 0 Å². The zero-order valence-corrected chi connectivity index (χ0v) is 18.5. The number of halogens is 8. The van der Waals surface area contributed by atoms with E-state index < -0.39 is 52.0 Å². The van der Waals surface area contributed by atoms with Crippen LogP contribution in [0.3, 0.4) is 0 Å². The largest absolute Gasteiger partial charge is 0.419 e. The fourth-order valence-corrected chi connectivity index (χ4v) is 3.66. The molecule has 4 rings (SSSR count). The highest BCUT2D eigenvalue weighted by molar-refractivity contribution is 5.84. The Morgan fingerprint density at radius 3 is 1.78 bits per heavy atom. The second kappa shape index (κ2) is 9.60. The SMILES string of the molecule is Cc1ccc(-c2ccc(-c3ccc(/C(F)=C(\F)c4ccc(C(F)(F)F)c(F)c4)c(F)c3)c(F)c2)cc1. The average Bonchev–Trinajstić information content (AvgIpc) is 2.82. The molecule has 0 aromatic heterocycles. The lowest BCUT2D eigenvalue weighted by Crippen LogP contribution is -2.08. The first kappa shape index (κ1) is 25.2. The van der Waals surface area contributed by atoms with Crippen molar-refractivity contribution in [2.75, 3.05) is 0 Å². The predicted molar refractivity (Wildman–Crippen MR) is 122 cm³/mol. The number of aryl methyl sites for hydroxylation is 1. The van der Waals surface area contributed by atoms with Gasteiger partial charge < -0.3 is 0 Å². The van der Waals surface area contributed by atoms with E-state index in [1.54, 1.807) is 6.07 Å². The lowest BCUT2D eigenvalue weighted by Gasteiger charge is -2.10. The molecule has 0 nitrogen and oxygen atoms in total. The molecule has 4 aromatic carbocycles. The topological polar surface area (TPSA) is 0 Å². The molecule has 0 fully saturated rings. The van der Waals surface area contributed by atoms with Gasteiger partial charge >= 0.3 is 6.18 Å². The second-order valence-electron chi connectivity index (χ2n) is 8.08. The summed E-state index contributed by atoms with van der Waals surface area (Å²) >= 11 is 0. The summed E-state index contributed by atoms with van der Waals surface area (Å²) in [5.41, 5.74) is -0.863. The van der Waals surface area contributed by atoms with Crippen molar-refractivity contribution in [2.24, 2.45) is 0 Å². The van der Waals surface area contributed by atoms with Crippen molar-refractivity contribution in [3.63, 3.8) is 0 Å². The Labute approximate surface area is 201 Å². The summed E-state index contributed by atoms with van der Waals surface area (Å²) in [6, 6.07) is 15.5. The summed E-state index contributed by atoms with van der Waals surface area (Å²) in [6.07, 6.45) is -5.02. The van der Waals surface area contributed by atoms with E-state index in [1.165, 1.54) is 18.2 Å².